The second-order valence-electron chi connectivity index (χ2n) is 4.03. The van der Waals surface area contributed by atoms with Crippen LogP contribution < -0.4 is 5.32 Å². The summed E-state index contributed by atoms with van der Waals surface area (Å²) in [5, 5.41) is 3.28. The molecule has 0 heterocycles. The van der Waals surface area contributed by atoms with E-state index in [0.29, 0.717) is 10.0 Å². The van der Waals surface area contributed by atoms with Gasteiger partial charge in [-0.15, -0.1) is 0 Å². The quantitative estimate of drug-likeness (QED) is 0.774. The summed E-state index contributed by atoms with van der Waals surface area (Å²) in [6, 6.07) is 8.69. The van der Waals surface area contributed by atoms with Crippen molar-refractivity contribution in [3.8, 4) is 0 Å². The molecule has 0 atom stereocenters. The number of amides is 2. The molecule has 3 nitrogen and oxygen atoms in total. The molecule has 21 heavy (non-hydrogen) atoms. The first-order chi connectivity index (χ1) is 9.88. The van der Waals surface area contributed by atoms with Crippen LogP contribution in [0.25, 0.3) is 0 Å². The molecule has 0 spiro atoms. The molecule has 0 saturated carbocycles. The molecule has 2 rings (SSSR count). The Hall–Kier alpha value is -1.26. The average Bonchev–Trinajstić information content (AvgIpc) is 2.37. The van der Waals surface area contributed by atoms with Crippen LogP contribution in [0.1, 0.15) is 20.7 Å². The minimum absolute atomic E-state index is 0.138. The largest absolute Gasteiger partial charge is 0.288 e. The summed E-state index contributed by atoms with van der Waals surface area (Å²) < 4.78 is 0. The van der Waals surface area contributed by atoms with Gasteiger partial charge in [0, 0.05) is 10.0 Å². The van der Waals surface area contributed by atoms with E-state index in [4.69, 9.17) is 46.4 Å². The number of benzene rings is 2. The van der Waals surface area contributed by atoms with E-state index in [1.165, 1.54) is 36.4 Å². The molecule has 2 aromatic carbocycles. The third kappa shape index (κ3) is 3.89. The van der Waals surface area contributed by atoms with Gasteiger partial charge in [0.15, 0.2) is 0 Å². The van der Waals surface area contributed by atoms with Gasteiger partial charge in [0.1, 0.15) is 0 Å². The van der Waals surface area contributed by atoms with Crippen molar-refractivity contribution in [3.63, 3.8) is 0 Å². The maximum absolute atomic E-state index is 12.0. The van der Waals surface area contributed by atoms with Crippen LogP contribution in [0.4, 0.5) is 0 Å². The van der Waals surface area contributed by atoms with Crippen molar-refractivity contribution < 1.29 is 9.59 Å². The number of carbonyl (C=O) groups excluding carboxylic acids is 2. The molecule has 2 amide bonds. The van der Waals surface area contributed by atoms with Crippen molar-refractivity contribution in [3.05, 3.63) is 67.6 Å². The lowest BCUT2D eigenvalue weighted by atomic mass is 10.2. The number of halogens is 4. The third-order valence-electron chi connectivity index (χ3n) is 2.58. The van der Waals surface area contributed by atoms with E-state index in [1.54, 1.807) is 0 Å². The minimum Gasteiger partial charge on any atom is -0.288 e. The van der Waals surface area contributed by atoms with Gasteiger partial charge >= 0.3 is 0 Å². The highest BCUT2D eigenvalue weighted by Crippen LogP contribution is 2.23. The number of nitrogens with one attached hydrogen (secondary N) is 1. The number of rotatable bonds is 2. The van der Waals surface area contributed by atoms with Crippen LogP contribution in [-0.2, 0) is 0 Å². The zero-order chi connectivity index (χ0) is 15.6. The van der Waals surface area contributed by atoms with E-state index in [9.17, 15) is 9.59 Å². The molecule has 0 fully saturated rings. The molecule has 0 aromatic heterocycles. The van der Waals surface area contributed by atoms with Crippen molar-refractivity contribution >= 4 is 58.2 Å². The summed E-state index contributed by atoms with van der Waals surface area (Å²) in [6.45, 7) is 0. The summed E-state index contributed by atoms with van der Waals surface area (Å²) >= 11 is 23.3. The summed E-state index contributed by atoms with van der Waals surface area (Å²) in [5.41, 5.74) is 0.277. The van der Waals surface area contributed by atoms with Crippen LogP contribution in [0.2, 0.25) is 20.1 Å². The predicted molar refractivity (Wildman–Crippen MR) is 84.7 cm³/mol. The van der Waals surface area contributed by atoms with E-state index < -0.39 is 11.8 Å². The Balaban J connectivity index is 2.21. The van der Waals surface area contributed by atoms with Gasteiger partial charge in [-0.25, -0.2) is 0 Å². The zero-order valence-corrected chi connectivity index (χ0v) is 13.3. The number of hydrogen-bond acceptors (Lipinski definition) is 2. The Morgan fingerprint density at radius 1 is 0.714 bits per heavy atom. The zero-order valence-electron chi connectivity index (χ0n) is 10.3. The highest BCUT2D eigenvalue weighted by Gasteiger charge is 2.17. The standard InChI is InChI=1S/C14H7Cl4NO2/c15-7-1-3-9(11(17)5-7)13(20)19-14(21)10-4-2-8(16)6-12(10)18/h1-6H,(H,19,20,21). The van der Waals surface area contributed by atoms with Crippen LogP contribution >= 0.6 is 46.4 Å². The normalized spacial score (nSPS) is 10.3. The Morgan fingerprint density at radius 3 is 1.43 bits per heavy atom. The minimum atomic E-state index is -0.646. The van der Waals surface area contributed by atoms with Crippen molar-refractivity contribution in [2.45, 2.75) is 0 Å². The Kier molecular flexibility index (Phi) is 5.12. The maximum atomic E-state index is 12.0. The summed E-state index contributed by atoms with van der Waals surface area (Å²) in [5.74, 6) is -1.29. The van der Waals surface area contributed by atoms with Crippen LogP contribution in [0.5, 0.6) is 0 Å². The van der Waals surface area contributed by atoms with E-state index in [1.807, 2.05) is 0 Å². The van der Waals surface area contributed by atoms with E-state index in [2.05, 4.69) is 5.32 Å². The molecule has 0 aliphatic rings. The molecule has 2 aromatic rings. The number of carbonyl (C=O) groups is 2. The lowest BCUT2D eigenvalue weighted by Gasteiger charge is -2.07. The second-order valence-corrected chi connectivity index (χ2v) is 5.72. The van der Waals surface area contributed by atoms with Crippen LogP contribution in [0, 0.1) is 0 Å². The van der Waals surface area contributed by atoms with Gasteiger partial charge in [0.05, 0.1) is 21.2 Å². The molecule has 0 saturated heterocycles. The molecular weight excluding hydrogens is 356 g/mol. The van der Waals surface area contributed by atoms with Gasteiger partial charge in [-0.2, -0.15) is 0 Å². The lowest BCUT2D eigenvalue weighted by Crippen LogP contribution is -2.30. The lowest BCUT2D eigenvalue weighted by molar-refractivity contribution is 0.0849. The van der Waals surface area contributed by atoms with Crippen LogP contribution in [0.3, 0.4) is 0 Å². The van der Waals surface area contributed by atoms with Gasteiger partial charge in [0.2, 0.25) is 0 Å². The molecule has 0 bridgehead atoms. The number of imide groups is 1. The van der Waals surface area contributed by atoms with E-state index in [0.717, 1.165) is 0 Å². The first-order valence-corrected chi connectivity index (χ1v) is 7.15. The molecule has 0 aliphatic heterocycles. The topological polar surface area (TPSA) is 46.2 Å². The fourth-order valence-electron chi connectivity index (χ4n) is 1.59. The summed E-state index contributed by atoms with van der Waals surface area (Å²) in [4.78, 5) is 24.0. The predicted octanol–water partition coefficient (Wildman–Crippen LogP) is 4.87. The SMILES string of the molecule is O=C(NC(=O)c1ccc(Cl)cc1Cl)c1ccc(Cl)cc1Cl. The Labute approximate surface area is 140 Å². The van der Waals surface area contributed by atoms with Crippen molar-refractivity contribution in [1.29, 1.82) is 0 Å². The monoisotopic (exact) mass is 361 g/mol. The van der Waals surface area contributed by atoms with E-state index in [-0.39, 0.29) is 21.2 Å². The first-order valence-electron chi connectivity index (χ1n) is 5.64. The van der Waals surface area contributed by atoms with Crippen molar-refractivity contribution in [1.82, 2.24) is 5.32 Å². The fourth-order valence-corrected chi connectivity index (χ4v) is 2.57. The molecule has 108 valence electrons. The first kappa shape index (κ1) is 16.1. The van der Waals surface area contributed by atoms with Gasteiger partial charge in [-0.3, -0.25) is 14.9 Å². The van der Waals surface area contributed by atoms with Gasteiger partial charge in [0.25, 0.3) is 11.8 Å². The average molecular weight is 363 g/mol. The Morgan fingerprint density at radius 2 is 1.10 bits per heavy atom. The van der Waals surface area contributed by atoms with Crippen LogP contribution in [0.15, 0.2) is 36.4 Å². The van der Waals surface area contributed by atoms with Gasteiger partial charge in [-0.05, 0) is 36.4 Å². The van der Waals surface area contributed by atoms with Crippen LogP contribution in [-0.4, -0.2) is 11.8 Å². The smallest absolute Gasteiger partial charge is 0.259 e. The van der Waals surface area contributed by atoms with E-state index >= 15 is 0 Å². The molecule has 1 N–H and O–H groups in total. The summed E-state index contributed by atoms with van der Waals surface area (Å²) in [6.07, 6.45) is 0. The fraction of sp³-hybridized carbons (Fsp3) is 0. The molecule has 0 radical (unpaired) electrons. The van der Waals surface area contributed by atoms with Crippen molar-refractivity contribution in [2.24, 2.45) is 0 Å². The van der Waals surface area contributed by atoms with Crippen molar-refractivity contribution in [2.75, 3.05) is 0 Å². The molecule has 7 heteroatoms. The molecule has 0 aliphatic carbocycles. The number of hydrogen-bond donors (Lipinski definition) is 1. The second kappa shape index (κ2) is 6.67. The highest BCUT2D eigenvalue weighted by atomic mass is 35.5. The maximum Gasteiger partial charge on any atom is 0.259 e. The third-order valence-corrected chi connectivity index (χ3v) is 3.67. The van der Waals surface area contributed by atoms with Gasteiger partial charge < -0.3 is 0 Å². The Bertz CT molecular complexity index is 669. The highest BCUT2D eigenvalue weighted by molar-refractivity contribution is 6.38. The van der Waals surface area contributed by atoms with Gasteiger partial charge in [-0.1, -0.05) is 46.4 Å². The molecular formula is C14H7Cl4NO2. The summed E-state index contributed by atoms with van der Waals surface area (Å²) in [7, 11) is 0. The molecule has 0 unspecified atom stereocenters.